The number of anilines is 1. The molecule has 0 saturated heterocycles. The number of nitrogens with two attached hydrogens (primary N) is 1. The van der Waals surface area contributed by atoms with Crippen molar-refractivity contribution in [1.82, 2.24) is 19.7 Å². The van der Waals surface area contributed by atoms with Gasteiger partial charge in [-0.1, -0.05) is 0 Å². The zero-order valence-corrected chi connectivity index (χ0v) is 8.81. The summed E-state index contributed by atoms with van der Waals surface area (Å²) < 4.78 is 1.88. The molecule has 0 aliphatic rings. The Morgan fingerprint density at radius 1 is 1.40 bits per heavy atom. The maximum atomic E-state index is 5.61. The molecular formula is C10H13N5. The lowest BCUT2D eigenvalue weighted by Crippen LogP contribution is -1.93. The number of hydrogen-bond acceptors (Lipinski definition) is 4. The Hall–Kier alpha value is -1.91. The van der Waals surface area contributed by atoms with E-state index in [1.54, 1.807) is 6.07 Å². The number of nitrogens with zero attached hydrogens (tertiary/aromatic N) is 4. The van der Waals surface area contributed by atoms with E-state index in [0.29, 0.717) is 5.82 Å². The highest BCUT2D eigenvalue weighted by atomic mass is 15.3. The van der Waals surface area contributed by atoms with Crippen molar-refractivity contribution in [2.45, 2.75) is 20.4 Å². The van der Waals surface area contributed by atoms with Crippen LogP contribution in [0.25, 0.3) is 11.3 Å². The first-order chi connectivity index (χ1) is 7.20. The molecule has 0 bridgehead atoms. The van der Waals surface area contributed by atoms with Crippen LogP contribution in [0, 0.1) is 6.92 Å². The summed E-state index contributed by atoms with van der Waals surface area (Å²) in [5.41, 5.74) is 8.39. The molecule has 0 fully saturated rings. The molecule has 0 atom stereocenters. The van der Waals surface area contributed by atoms with Crippen molar-refractivity contribution >= 4 is 5.82 Å². The van der Waals surface area contributed by atoms with Crippen LogP contribution in [0.15, 0.2) is 18.6 Å². The molecule has 0 saturated carbocycles. The maximum absolute atomic E-state index is 5.61. The summed E-state index contributed by atoms with van der Waals surface area (Å²) in [7, 11) is 0. The Morgan fingerprint density at radius 2 is 2.20 bits per heavy atom. The zero-order valence-electron chi connectivity index (χ0n) is 8.81. The summed E-state index contributed by atoms with van der Waals surface area (Å²) in [5, 5.41) is 4.35. The van der Waals surface area contributed by atoms with E-state index in [1.165, 1.54) is 6.33 Å². The van der Waals surface area contributed by atoms with Gasteiger partial charge in [-0.3, -0.25) is 4.68 Å². The highest BCUT2D eigenvalue weighted by Crippen LogP contribution is 2.20. The van der Waals surface area contributed by atoms with Crippen LogP contribution in [-0.4, -0.2) is 19.7 Å². The van der Waals surface area contributed by atoms with E-state index in [1.807, 2.05) is 24.7 Å². The standard InChI is InChI=1S/C10H13N5/c1-3-15-5-8(7(2)14-15)9-4-10(11)13-6-12-9/h4-6H,3H2,1-2H3,(H2,11,12,13). The third kappa shape index (κ3) is 1.81. The molecule has 15 heavy (non-hydrogen) atoms. The summed E-state index contributed by atoms with van der Waals surface area (Å²) in [4.78, 5) is 8.04. The van der Waals surface area contributed by atoms with Gasteiger partial charge in [0.1, 0.15) is 12.1 Å². The molecule has 78 valence electrons. The lowest BCUT2D eigenvalue weighted by molar-refractivity contribution is 0.653. The Kier molecular flexibility index (Phi) is 2.37. The zero-order chi connectivity index (χ0) is 10.8. The number of rotatable bonds is 2. The van der Waals surface area contributed by atoms with Gasteiger partial charge in [-0.05, 0) is 13.8 Å². The molecule has 0 aliphatic carbocycles. The predicted molar refractivity (Wildman–Crippen MR) is 58.1 cm³/mol. The average molecular weight is 203 g/mol. The molecular weight excluding hydrogens is 190 g/mol. The molecule has 0 unspecified atom stereocenters. The van der Waals surface area contributed by atoms with Crippen molar-refractivity contribution in [3.63, 3.8) is 0 Å². The lowest BCUT2D eigenvalue weighted by atomic mass is 10.2. The second-order valence-electron chi connectivity index (χ2n) is 3.31. The molecule has 0 aromatic carbocycles. The second-order valence-corrected chi connectivity index (χ2v) is 3.31. The molecule has 0 amide bonds. The van der Waals surface area contributed by atoms with Gasteiger partial charge < -0.3 is 5.73 Å². The van der Waals surface area contributed by atoms with Crippen LogP contribution in [0.4, 0.5) is 5.82 Å². The Labute approximate surface area is 88.0 Å². The van der Waals surface area contributed by atoms with Crippen molar-refractivity contribution in [3.05, 3.63) is 24.3 Å². The minimum atomic E-state index is 0.476. The fraction of sp³-hybridized carbons (Fsp3) is 0.300. The van der Waals surface area contributed by atoms with E-state index in [9.17, 15) is 0 Å². The first-order valence-corrected chi connectivity index (χ1v) is 4.82. The smallest absolute Gasteiger partial charge is 0.127 e. The van der Waals surface area contributed by atoms with Gasteiger partial charge in [-0.2, -0.15) is 5.10 Å². The first kappa shape index (κ1) is 9.64. The number of nitrogen functional groups attached to an aromatic ring is 1. The first-order valence-electron chi connectivity index (χ1n) is 4.82. The minimum Gasteiger partial charge on any atom is -0.384 e. The van der Waals surface area contributed by atoms with E-state index in [-0.39, 0.29) is 0 Å². The van der Waals surface area contributed by atoms with Gasteiger partial charge in [0.2, 0.25) is 0 Å². The number of hydrogen-bond donors (Lipinski definition) is 1. The van der Waals surface area contributed by atoms with Crippen molar-refractivity contribution in [2.24, 2.45) is 0 Å². The van der Waals surface area contributed by atoms with Crippen molar-refractivity contribution in [2.75, 3.05) is 5.73 Å². The molecule has 0 radical (unpaired) electrons. The van der Waals surface area contributed by atoms with E-state index in [2.05, 4.69) is 15.1 Å². The number of aryl methyl sites for hydroxylation is 2. The minimum absolute atomic E-state index is 0.476. The van der Waals surface area contributed by atoms with Gasteiger partial charge in [0.05, 0.1) is 11.4 Å². The molecule has 2 aromatic rings. The third-order valence-electron chi connectivity index (χ3n) is 2.23. The van der Waals surface area contributed by atoms with Gasteiger partial charge in [0.25, 0.3) is 0 Å². The summed E-state index contributed by atoms with van der Waals surface area (Å²) in [5.74, 6) is 0.476. The van der Waals surface area contributed by atoms with Crippen LogP contribution in [0.3, 0.4) is 0 Å². The quantitative estimate of drug-likeness (QED) is 0.797. The maximum Gasteiger partial charge on any atom is 0.127 e. The van der Waals surface area contributed by atoms with Crippen LogP contribution in [0.2, 0.25) is 0 Å². The topological polar surface area (TPSA) is 69.6 Å². The van der Waals surface area contributed by atoms with Crippen LogP contribution in [-0.2, 0) is 6.54 Å². The van der Waals surface area contributed by atoms with Gasteiger partial charge >= 0.3 is 0 Å². The van der Waals surface area contributed by atoms with Gasteiger partial charge in [0, 0.05) is 24.4 Å². The third-order valence-corrected chi connectivity index (χ3v) is 2.23. The summed E-state index contributed by atoms with van der Waals surface area (Å²) in [6.07, 6.45) is 3.44. The molecule has 2 aromatic heterocycles. The second kappa shape index (κ2) is 3.68. The highest BCUT2D eigenvalue weighted by molar-refractivity contribution is 5.62. The predicted octanol–water partition coefficient (Wildman–Crippen LogP) is 1.25. The summed E-state index contributed by atoms with van der Waals surface area (Å²) in [6, 6.07) is 1.75. The van der Waals surface area contributed by atoms with Gasteiger partial charge in [-0.25, -0.2) is 9.97 Å². The van der Waals surface area contributed by atoms with Gasteiger partial charge in [0.15, 0.2) is 0 Å². The molecule has 0 aliphatic heterocycles. The normalized spacial score (nSPS) is 10.5. The summed E-state index contributed by atoms with van der Waals surface area (Å²) in [6.45, 7) is 4.85. The van der Waals surface area contributed by atoms with Crippen molar-refractivity contribution in [3.8, 4) is 11.3 Å². The Bertz CT molecular complexity index is 474. The SMILES string of the molecule is CCn1cc(-c2cc(N)ncn2)c(C)n1. The van der Waals surface area contributed by atoms with Crippen LogP contribution >= 0.6 is 0 Å². The lowest BCUT2D eigenvalue weighted by Gasteiger charge is -1.97. The van der Waals surface area contributed by atoms with Crippen molar-refractivity contribution in [1.29, 1.82) is 0 Å². The van der Waals surface area contributed by atoms with Crippen LogP contribution in [0.5, 0.6) is 0 Å². The number of aromatic nitrogens is 4. The molecule has 5 heteroatoms. The fourth-order valence-corrected chi connectivity index (χ4v) is 1.45. The van der Waals surface area contributed by atoms with Gasteiger partial charge in [-0.15, -0.1) is 0 Å². The average Bonchev–Trinajstić information content (AvgIpc) is 2.60. The van der Waals surface area contributed by atoms with E-state index >= 15 is 0 Å². The monoisotopic (exact) mass is 203 g/mol. The van der Waals surface area contributed by atoms with E-state index in [4.69, 9.17) is 5.73 Å². The molecule has 2 N–H and O–H groups in total. The molecule has 0 spiro atoms. The highest BCUT2D eigenvalue weighted by Gasteiger charge is 2.08. The Morgan fingerprint density at radius 3 is 2.80 bits per heavy atom. The molecule has 2 heterocycles. The summed E-state index contributed by atoms with van der Waals surface area (Å²) >= 11 is 0. The molecule has 2 rings (SSSR count). The largest absolute Gasteiger partial charge is 0.384 e. The van der Waals surface area contributed by atoms with Crippen LogP contribution in [0.1, 0.15) is 12.6 Å². The van der Waals surface area contributed by atoms with E-state index in [0.717, 1.165) is 23.5 Å². The van der Waals surface area contributed by atoms with Crippen molar-refractivity contribution < 1.29 is 0 Å². The van der Waals surface area contributed by atoms with Crippen LogP contribution < -0.4 is 5.73 Å². The van der Waals surface area contributed by atoms with E-state index < -0.39 is 0 Å². The fourth-order valence-electron chi connectivity index (χ4n) is 1.45. The molecule has 5 nitrogen and oxygen atoms in total. The Balaban J connectivity index is 2.48.